The highest BCUT2D eigenvalue weighted by Crippen LogP contribution is 2.34. The van der Waals surface area contributed by atoms with Gasteiger partial charge in [0.05, 0.1) is 5.69 Å². The van der Waals surface area contributed by atoms with Crippen LogP contribution in [0.5, 0.6) is 0 Å². The number of thioether (sulfide) groups is 1. The lowest BCUT2D eigenvalue weighted by Gasteiger charge is -2.30. The Balaban J connectivity index is 1.21. The number of fused-ring (bicyclic) bond motifs is 2. The second kappa shape index (κ2) is 8.53. The van der Waals surface area contributed by atoms with Gasteiger partial charge >= 0.3 is 0 Å². The average Bonchev–Trinajstić information content (AvgIpc) is 3.11. The molecule has 4 nitrogen and oxygen atoms in total. The third kappa shape index (κ3) is 4.30. The monoisotopic (exact) mass is 379 g/mol. The lowest BCUT2D eigenvalue weighted by atomic mass is 10.1. The van der Waals surface area contributed by atoms with Gasteiger partial charge in [0.25, 0.3) is 0 Å². The van der Waals surface area contributed by atoms with Crippen molar-refractivity contribution >= 4 is 34.3 Å². The van der Waals surface area contributed by atoms with Gasteiger partial charge in [-0.05, 0) is 36.6 Å². The lowest BCUT2D eigenvalue weighted by Crippen LogP contribution is -2.31. The van der Waals surface area contributed by atoms with Crippen molar-refractivity contribution in [2.45, 2.75) is 24.2 Å². The van der Waals surface area contributed by atoms with Crippen LogP contribution in [-0.4, -0.2) is 36.3 Å². The van der Waals surface area contributed by atoms with Crippen LogP contribution in [-0.2, 0) is 11.2 Å². The van der Waals surface area contributed by atoms with Crippen molar-refractivity contribution in [1.29, 1.82) is 0 Å². The van der Waals surface area contributed by atoms with Crippen LogP contribution in [0.1, 0.15) is 18.4 Å². The molecule has 0 fully saturated rings. The minimum Gasteiger partial charge on any atom is -0.370 e. The fourth-order valence-electron chi connectivity index (χ4n) is 3.65. The molecule has 140 valence electrons. The molecule has 0 radical (unpaired) electrons. The lowest BCUT2D eigenvalue weighted by molar-refractivity contribution is -0.121. The summed E-state index contributed by atoms with van der Waals surface area (Å²) >= 11 is 1.92. The van der Waals surface area contributed by atoms with Crippen molar-refractivity contribution in [1.82, 2.24) is 10.3 Å². The molecule has 1 aliphatic rings. The van der Waals surface area contributed by atoms with Crippen molar-refractivity contribution < 1.29 is 4.79 Å². The molecule has 0 bridgehead atoms. The number of carbonyl (C=O) groups is 1. The van der Waals surface area contributed by atoms with Gasteiger partial charge in [-0.15, -0.1) is 11.8 Å². The van der Waals surface area contributed by atoms with E-state index in [0.717, 1.165) is 37.2 Å². The number of aromatic nitrogens is 1. The number of para-hydroxylation sites is 2. The number of rotatable bonds is 7. The summed E-state index contributed by atoms with van der Waals surface area (Å²) in [5.41, 5.74) is 3.72. The van der Waals surface area contributed by atoms with Crippen LogP contribution in [0.15, 0.2) is 59.6 Å². The summed E-state index contributed by atoms with van der Waals surface area (Å²) in [6.45, 7) is 2.68. The van der Waals surface area contributed by atoms with Gasteiger partial charge in [-0.25, -0.2) is 0 Å². The van der Waals surface area contributed by atoms with Gasteiger partial charge in [-0.2, -0.15) is 0 Å². The summed E-state index contributed by atoms with van der Waals surface area (Å²) in [6, 6.07) is 16.8. The fraction of sp³-hybridized carbons (Fsp3) is 0.318. The van der Waals surface area contributed by atoms with E-state index in [4.69, 9.17) is 0 Å². The molecule has 2 aromatic carbocycles. The minimum absolute atomic E-state index is 0.148. The molecule has 0 unspecified atom stereocenters. The van der Waals surface area contributed by atoms with E-state index in [0.29, 0.717) is 13.0 Å². The molecule has 0 saturated carbocycles. The SMILES string of the molecule is O=C(CCCN1CCSc2ccccc21)NCCc1c[nH]c2ccccc12. The summed E-state index contributed by atoms with van der Waals surface area (Å²) in [6.07, 6.45) is 4.37. The Bertz CT molecular complexity index is 921. The zero-order chi connectivity index (χ0) is 18.5. The first-order valence-corrected chi connectivity index (χ1v) is 10.6. The highest BCUT2D eigenvalue weighted by molar-refractivity contribution is 7.99. The molecule has 0 spiro atoms. The summed E-state index contributed by atoms with van der Waals surface area (Å²) < 4.78 is 0. The first-order chi connectivity index (χ1) is 13.3. The van der Waals surface area contributed by atoms with Gasteiger partial charge in [-0.3, -0.25) is 4.79 Å². The summed E-state index contributed by atoms with van der Waals surface area (Å²) in [5, 5.41) is 4.31. The van der Waals surface area contributed by atoms with Crippen LogP contribution >= 0.6 is 11.8 Å². The Kier molecular flexibility index (Phi) is 5.68. The van der Waals surface area contributed by atoms with Crippen LogP contribution in [0, 0.1) is 0 Å². The topological polar surface area (TPSA) is 48.1 Å². The number of amides is 1. The van der Waals surface area contributed by atoms with Crippen LogP contribution in [0.25, 0.3) is 10.9 Å². The number of anilines is 1. The maximum Gasteiger partial charge on any atom is 0.220 e. The van der Waals surface area contributed by atoms with Crippen LogP contribution < -0.4 is 10.2 Å². The van der Waals surface area contributed by atoms with Crippen molar-refractivity contribution in [3.63, 3.8) is 0 Å². The highest BCUT2D eigenvalue weighted by Gasteiger charge is 2.16. The van der Waals surface area contributed by atoms with E-state index in [1.54, 1.807) is 0 Å². The fourth-order valence-corrected chi connectivity index (χ4v) is 4.70. The predicted octanol–water partition coefficient (Wildman–Crippen LogP) is 4.22. The van der Waals surface area contributed by atoms with Crippen molar-refractivity contribution in [2.75, 3.05) is 30.3 Å². The van der Waals surface area contributed by atoms with Gasteiger partial charge in [0.2, 0.25) is 5.91 Å². The summed E-state index contributed by atoms with van der Waals surface area (Å²) in [5.74, 6) is 1.27. The zero-order valence-electron chi connectivity index (χ0n) is 15.4. The minimum atomic E-state index is 0.148. The van der Waals surface area contributed by atoms with E-state index in [1.807, 2.05) is 24.0 Å². The quantitative estimate of drug-likeness (QED) is 0.646. The molecule has 4 rings (SSSR count). The van der Waals surface area contributed by atoms with Gasteiger partial charge in [0.15, 0.2) is 0 Å². The van der Waals surface area contributed by atoms with Crippen LogP contribution in [0.2, 0.25) is 0 Å². The molecule has 1 aromatic heterocycles. The van der Waals surface area contributed by atoms with Gasteiger partial charge in [0.1, 0.15) is 0 Å². The van der Waals surface area contributed by atoms with Crippen LogP contribution in [0.3, 0.4) is 0 Å². The largest absolute Gasteiger partial charge is 0.370 e. The van der Waals surface area contributed by atoms with Gasteiger partial charge < -0.3 is 15.2 Å². The van der Waals surface area contributed by atoms with E-state index in [2.05, 4.69) is 57.7 Å². The standard InChI is InChI=1S/C22H25N3OS/c26-22(23-12-11-17-16-24-19-7-2-1-6-18(17)19)10-5-13-25-14-15-27-21-9-4-3-8-20(21)25/h1-4,6-9,16,24H,5,10-15H2,(H,23,26). The van der Waals surface area contributed by atoms with E-state index < -0.39 is 0 Å². The number of H-pyrrole nitrogens is 1. The zero-order valence-corrected chi connectivity index (χ0v) is 16.2. The number of carbonyl (C=O) groups excluding carboxylic acids is 1. The van der Waals surface area contributed by atoms with E-state index in [1.165, 1.54) is 21.5 Å². The summed E-state index contributed by atoms with van der Waals surface area (Å²) in [7, 11) is 0. The number of benzene rings is 2. The number of hydrogen-bond acceptors (Lipinski definition) is 3. The highest BCUT2D eigenvalue weighted by atomic mass is 32.2. The summed E-state index contributed by atoms with van der Waals surface area (Å²) in [4.78, 5) is 19.2. The molecule has 0 aliphatic carbocycles. The number of hydrogen-bond donors (Lipinski definition) is 2. The second-order valence-corrected chi connectivity index (χ2v) is 8.00. The van der Waals surface area contributed by atoms with Crippen molar-refractivity contribution in [3.05, 3.63) is 60.3 Å². The third-order valence-corrected chi connectivity index (χ3v) is 6.09. The average molecular weight is 380 g/mol. The Labute approximate surface area is 164 Å². The van der Waals surface area contributed by atoms with Gasteiger partial charge in [-0.1, -0.05) is 30.3 Å². The molecule has 1 amide bonds. The molecular weight excluding hydrogens is 354 g/mol. The van der Waals surface area contributed by atoms with E-state index in [-0.39, 0.29) is 5.91 Å². The van der Waals surface area contributed by atoms with Gasteiger partial charge in [0, 0.05) is 53.8 Å². The van der Waals surface area contributed by atoms with E-state index >= 15 is 0 Å². The molecular formula is C22H25N3OS. The number of nitrogens with zero attached hydrogens (tertiary/aromatic N) is 1. The Morgan fingerprint density at radius 1 is 1.15 bits per heavy atom. The molecule has 2 N–H and O–H groups in total. The first kappa shape index (κ1) is 18.0. The predicted molar refractivity (Wildman–Crippen MR) is 114 cm³/mol. The second-order valence-electron chi connectivity index (χ2n) is 6.87. The molecule has 0 saturated heterocycles. The Morgan fingerprint density at radius 3 is 2.96 bits per heavy atom. The Hall–Kier alpha value is -2.40. The molecule has 2 heterocycles. The first-order valence-electron chi connectivity index (χ1n) is 9.60. The molecule has 3 aromatic rings. The van der Waals surface area contributed by atoms with Crippen molar-refractivity contribution in [3.8, 4) is 0 Å². The third-order valence-electron chi connectivity index (χ3n) is 5.05. The van der Waals surface area contributed by atoms with E-state index in [9.17, 15) is 4.79 Å². The molecule has 5 heteroatoms. The molecule has 0 atom stereocenters. The Morgan fingerprint density at radius 2 is 2.00 bits per heavy atom. The van der Waals surface area contributed by atoms with Crippen molar-refractivity contribution in [2.24, 2.45) is 0 Å². The molecule has 27 heavy (non-hydrogen) atoms. The number of aromatic amines is 1. The normalized spacial score (nSPS) is 13.6. The van der Waals surface area contributed by atoms with Crippen LogP contribution in [0.4, 0.5) is 5.69 Å². The smallest absolute Gasteiger partial charge is 0.220 e. The number of nitrogens with one attached hydrogen (secondary N) is 2. The molecule has 1 aliphatic heterocycles. The maximum absolute atomic E-state index is 12.2. The maximum atomic E-state index is 12.2.